The van der Waals surface area contributed by atoms with Crippen molar-refractivity contribution in [2.45, 2.75) is 15.5 Å². The van der Waals surface area contributed by atoms with E-state index in [4.69, 9.17) is 17.3 Å². The zero-order valence-electron chi connectivity index (χ0n) is 20.9. The van der Waals surface area contributed by atoms with Gasteiger partial charge < -0.3 is 5.73 Å². The van der Waals surface area contributed by atoms with Crippen molar-refractivity contribution in [2.24, 2.45) is 5.73 Å². The zero-order chi connectivity index (χ0) is 28.1. The van der Waals surface area contributed by atoms with E-state index in [0.29, 0.717) is 22.0 Å². The molecule has 0 radical (unpaired) electrons. The highest BCUT2D eigenvalue weighted by atomic mass is 35.5. The van der Waals surface area contributed by atoms with Gasteiger partial charge in [-0.2, -0.15) is 0 Å². The van der Waals surface area contributed by atoms with Crippen LogP contribution < -0.4 is 10.5 Å². The van der Waals surface area contributed by atoms with E-state index >= 15 is 0 Å². The van der Waals surface area contributed by atoms with Crippen molar-refractivity contribution in [2.75, 3.05) is 4.72 Å². The topological polar surface area (TPSA) is 128 Å². The lowest BCUT2D eigenvalue weighted by atomic mass is 10.0. The predicted octanol–water partition coefficient (Wildman–Crippen LogP) is 6.05. The molecule has 1 heterocycles. The predicted molar refractivity (Wildman–Crippen MR) is 157 cm³/mol. The first-order valence-electron chi connectivity index (χ1n) is 12.0. The van der Waals surface area contributed by atoms with Crippen molar-refractivity contribution in [3.05, 3.63) is 119 Å². The van der Waals surface area contributed by atoms with E-state index in [9.17, 15) is 13.2 Å². The van der Waals surface area contributed by atoms with E-state index in [1.54, 1.807) is 0 Å². The number of anilines is 1. The molecule has 5 aromatic rings. The number of nitrogens with one attached hydrogen (secondary N) is 1. The van der Waals surface area contributed by atoms with Crippen LogP contribution in [0.4, 0.5) is 5.95 Å². The Morgan fingerprint density at radius 1 is 0.825 bits per heavy atom. The van der Waals surface area contributed by atoms with Gasteiger partial charge in [-0.1, -0.05) is 103 Å². The number of carbonyl (C=O) groups is 1. The van der Waals surface area contributed by atoms with E-state index in [1.165, 1.54) is 23.9 Å². The summed E-state index contributed by atoms with van der Waals surface area (Å²) >= 11 is 7.55. The number of benzene rings is 4. The van der Waals surface area contributed by atoms with Crippen molar-refractivity contribution in [1.29, 1.82) is 0 Å². The summed E-state index contributed by atoms with van der Waals surface area (Å²) in [6.45, 7) is 0. The van der Waals surface area contributed by atoms with E-state index in [-0.39, 0.29) is 21.4 Å². The molecule has 0 atom stereocenters. The summed E-state index contributed by atoms with van der Waals surface area (Å²) in [6.07, 6.45) is 0. The van der Waals surface area contributed by atoms with Gasteiger partial charge in [-0.15, -0.1) is 22.0 Å². The minimum atomic E-state index is -4.30. The largest absolute Gasteiger partial charge is 0.366 e. The van der Waals surface area contributed by atoms with Gasteiger partial charge in [-0.25, -0.2) is 18.1 Å². The first kappa shape index (κ1) is 27.3. The number of nitrogens with zero attached hydrogens (tertiary/aromatic N) is 3. The van der Waals surface area contributed by atoms with Gasteiger partial charge in [-0.3, -0.25) is 4.79 Å². The van der Waals surface area contributed by atoms with Crippen molar-refractivity contribution in [1.82, 2.24) is 15.2 Å². The highest BCUT2D eigenvalue weighted by molar-refractivity contribution is 7.99. The SMILES string of the molecule is NC(=O)c1cc(S(=O)(=O)Nc2nnc(-c3ccccc3)c(-c3ccccc3)n2)c(SCc2ccccc2)cc1Cl. The number of carbonyl (C=O) groups excluding carboxylic acids is 1. The average Bonchev–Trinajstić information content (AvgIpc) is 2.97. The van der Waals surface area contributed by atoms with Crippen LogP contribution in [0.25, 0.3) is 22.5 Å². The minimum Gasteiger partial charge on any atom is -0.366 e. The van der Waals surface area contributed by atoms with E-state index < -0.39 is 15.9 Å². The Morgan fingerprint density at radius 2 is 1.40 bits per heavy atom. The number of nitrogens with two attached hydrogens (primary N) is 1. The first-order valence-corrected chi connectivity index (χ1v) is 14.8. The van der Waals surface area contributed by atoms with Crippen LogP contribution in [-0.2, 0) is 15.8 Å². The van der Waals surface area contributed by atoms with Crippen LogP contribution in [-0.4, -0.2) is 29.5 Å². The summed E-state index contributed by atoms with van der Waals surface area (Å²) < 4.78 is 29.8. The third kappa shape index (κ3) is 6.15. The molecule has 0 bridgehead atoms. The van der Waals surface area contributed by atoms with Gasteiger partial charge in [0.05, 0.1) is 10.6 Å². The second-order valence-electron chi connectivity index (χ2n) is 8.59. The molecule has 11 heteroatoms. The molecule has 1 aromatic heterocycles. The van der Waals surface area contributed by atoms with Gasteiger partial charge in [0.25, 0.3) is 16.0 Å². The van der Waals surface area contributed by atoms with Crippen LogP contribution >= 0.6 is 23.4 Å². The molecule has 40 heavy (non-hydrogen) atoms. The van der Waals surface area contributed by atoms with E-state index in [0.717, 1.165) is 16.7 Å². The molecule has 0 saturated heterocycles. The highest BCUT2D eigenvalue weighted by Gasteiger charge is 2.25. The third-order valence-corrected chi connectivity index (χ3v) is 8.77. The van der Waals surface area contributed by atoms with Gasteiger partial charge in [0.2, 0.25) is 5.91 Å². The number of rotatable bonds is 9. The molecule has 0 spiro atoms. The number of halogens is 1. The van der Waals surface area contributed by atoms with Crippen LogP contribution in [0.3, 0.4) is 0 Å². The number of amides is 1. The standard InChI is InChI=1S/C29H22ClN5O3S2/c30-23-17-24(39-18-19-10-4-1-5-11-19)25(16-22(23)28(31)36)40(37,38)35-29-32-26(20-12-6-2-7-13-20)27(33-34-29)21-14-8-3-9-15-21/h1-17H,18H2,(H2,31,36)(H,32,34,35). The van der Waals surface area contributed by atoms with Crippen LogP contribution in [0.15, 0.2) is 113 Å². The number of aromatic nitrogens is 3. The van der Waals surface area contributed by atoms with Crippen molar-refractivity contribution in [3.63, 3.8) is 0 Å². The normalized spacial score (nSPS) is 11.2. The second kappa shape index (κ2) is 11.9. The van der Waals surface area contributed by atoms with Gasteiger partial charge in [0.15, 0.2) is 0 Å². The summed E-state index contributed by atoms with van der Waals surface area (Å²) in [7, 11) is -4.30. The average molecular weight is 588 g/mol. The van der Waals surface area contributed by atoms with Crippen LogP contribution in [0.1, 0.15) is 15.9 Å². The van der Waals surface area contributed by atoms with Crippen LogP contribution in [0.5, 0.6) is 0 Å². The van der Waals surface area contributed by atoms with Crippen LogP contribution in [0.2, 0.25) is 5.02 Å². The molecule has 3 N–H and O–H groups in total. The molecule has 0 aliphatic carbocycles. The Balaban J connectivity index is 1.55. The van der Waals surface area contributed by atoms with Gasteiger partial charge >= 0.3 is 0 Å². The number of hydrogen-bond acceptors (Lipinski definition) is 7. The van der Waals surface area contributed by atoms with Crippen molar-refractivity contribution >= 4 is 45.2 Å². The van der Waals surface area contributed by atoms with E-state index in [1.807, 2.05) is 91.0 Å². The summed E-state index contributed by atoms with van der Waals surface area (Å²) in [5.41, 5.74) is 8.80. The van der Waals surface area contributed by atoms with E-state index in [2.05, 4.69) is 19.9 Å². The Morgan fingerprint density at radius 3 is 2.00 bits per heavy atom. The fraction of sp³-hybridized carbons (Fsp3) is 0.0345. The molecule has 200 valence electrons. The summed E-state index contributed by atoms with van der Waals surface area (Å²) in [6, 6.07) is 30.8. The zero-order valence-corrected chi connectivity index (χ0v) is 23.2. The summed E-state index contributed by atoms with van der Waals surface area (Å²) in [4.78, 5) is 16.7. The molecule has 0 saturated carbocycles. The minimum absolute atomic E-state index is 0.0542. The van der Waals surface area contributed by atoms with Crippen molar-refractivity contribution in [3.8, 4) is 22.5 Å². The van der Waals surface area contributed by atoms with Crippen molar-refractivity contribution < 1.29 is 13.2 Å². The van der Waals surface area contributed by atoms with Gasteiger partial charge in [0.1, 0.15) is 16.3 Å². The maximum absolute atomic E-state index is 13.7. The number of sulfonamides is 1. The Labute approximate surface area is 240 Å². The molecule has 0 aliphatic heterocycles. The maximum Gasteiger partial charge on any atom is 0.265 e. The lowest BCUT2D eigenvalue weighted by Crippen LogP contribution is -2.19. The molecular weight excluding hydrogens is 566 g/mol. The quantitative estimate of drug-likeness (QED) is 0.201. The monoisotopic (exact) mass is 587 g/mol. The lowest BCUT2D eigenvalue weighted by molar-refractivity contribution is 0.1000. The molecular formula is C29H22ClN5O3S2. The summed E-state index contributed by atoms with van der Waals surface area (Å²) in [5.74, 6) is -0.608. The molecule has 0 fully saturated rings. The molecule has 0 aliphatic rings. The van der Waals surface area contributed by atoms with Gasteiger partial charge in [0, 0.05) is 21.8 Å². The fourth-order valence-electron chi connectivity index (χ4n) is 3.91. The smallest absolute Gasteiger partial charge is 0.265 e. The molecule has 0 unspecified atom stereocenters. The van der Waals surface area contributed by atoms with Crippen LogP contribution in [0, 0.1) is 0 Å². The third-order valence-electron chi connectivity index (χ3n) is 5.83. The lowest BCUT2D eigenvalue weighted by Gasteiger charge is -2.15. The number of primary amides is 1. The maximum atomic E-state index is 13.7. The van der Waals surface area contributed by atoms with Gasteiger partial charge in [-0.05, 0) is 17.7 Å². The highest BCUT2D eigenvalue weighted by Crippen LogP contribution is 2.35. The Hall–Kier alpha value is -4.25. The Bertz CT molecular complexity index is 1770. The number of thioether (sulfide) groups is 1. The molecule has 1 amide bonds. The molecule has 8 nitrogen and oxygen atoms in total. The number of hydrogen-bond donors (Lipinski definition) is 2. The Kier molecular flexibility index (Phi) is 8.11. The molecule has 5 rings (SSSR count). The first-order chi connectivity index (χ1) is 19.3. The second-order valence-corrected chi connectivity index (χ2v) is 11.7. The summed E-state index contributed by atoms with van der Waals surface area (Å²) in [5, 5.41) is 8.45. The fourth-order valence-corrected chi connectivity index (χ4v) is 6.69. The molecule has 4 aromatic carbocycles.